The minimum Gasteiger partial charge on any atom is -0.338 e. The number of halogens is 1. The van der Waals surface area contributed by atoms with Crippen molar-refractivity contribution in [1.82, 2.24) is 4.90 Å². The third-order valence-corrected chi connectivity index (χ3v) is 5.24. The van der Waals surface area contributed by atoms with Gasteiger partial charge in [0, 0.05) is 34.9 Å². The summed E-state index contributed by atoms with van der Waals surface area (Å²) in [5.41, 5.74) is 2.50. The van der Waals surface area contributed by atoms with Gasteiger partial charge in [-0.05, 0) is 61.6 Å². The lowest BCUT2D eigenvalue weighted by Crippen LogP contribution is -2.39. The van der Waals surface area contributed by atoms with Crippen LogP contribution in [0.2, 0.25) is 5.02 Å². The van der Waals surface area contributed by atoms with Gasteiger partial charge in [0.15, 0.2) is 0 Å². The van der Waals surface area contributed by atoms with E-state index in [0.29, 0.717) is 27.8 Å². The zero-order valence-electron chi connectivity index (χ0n) is 15.1. The Kier molecular flexibility index (Phi) is 5.62. The van der Waals surface area contributed by atoms with Gasteiger partial charge in [-0.2, -0.15) is 0 Å². The molecule has 2 aromatic rings. The summed E-state index contributed by atoms with van der Waals surface area (Å²) in [5.74, 6) is 0.257. The van der Waals surface area contributed by atoms with E-state index in [1.54, 1.807) is 36.4 Å². The number of carbonyl (C=O) groups is 2. The molecule has 0 radical (unpaired) electrons. The number of hydrogen-bond acceptors (Lipinski definition) is 2. The number of nitrogens with one attached hydrogen (secondary N) is 1. The maximum Gasteiger partial charge on any atom is 0.255 e. The first-order chi connectivity index (χ1) is 12.5. The summed E-state index contributed by atoms with van der Waals surface area (Å²) >= 11 is 6.11. The Morgan fingerprint density at radius 1 is 1.15 bits per heavy atom. The Hall–Kier alpha value is -2.33. The van der Waals surface area contributed by atoms with Crippen molar-refractivity contribution in [1.29, 1.82) is 0 Å². The molecule has 0 bridgehead atoms. The van der Waals surface area contributed by atoms with Crippen LogP contribution in [0.1, 0.15) is 46.0 Å². The molecule has 1 fully saturated rings. The highest BCUT2D eigenvalue weighted by Crippen LogP contribution is 2.24. The largest absolute Gasteiger partial charge is 0.338 e. The summed E-state index contributed by atoms with van der Waals surface area (Å²) in [6, 6.07) is 12.3. The van der Waals surface area contributed by atoms with Crippen LogP contribution in [0.3, 0.4) is 0 Å². The number of benzene rings is 2. The van der Waals surface area contributed by atoms with Crippen molar-refractivity contribution in [3.63, 3.8) is 0 Å². The minimum absolute atomic E-state index is 0.00913. The normalized spacial score (nSPS) is 17.0. The molecular weight excluding hydrogens is 348 g/mol. The molecule has 1 aliphatic heterocycles. The molecular formula is C21H23ClN2O2. The summed E-state index contributed by atoms with van der Waals surface area (Å²) in [6.45, 7) is 5.57. The van der Waals surface area contributed by atoms with E-state index in [4.69, 9.17) is 11.6 Å². The molecule has 1 atom stereocenters. The summed E-state index contributed by atoms with van der Waals surface area (Å²) in [5, 5.41) is 3.47. The second-order valence-corrected chi connectivity index (χ2v) is 7.35. The fourth-order valence-electron chi connectivity index (χ4n) is 3.29. The van der Waals surface area contributed by atoms with Crippen molar-refractivity contribution in [2.24, 2.45) is 5.92 Å². The lowest BCUT2D eigenvalue weighted by Gasteiger charge is -2.31. The molecule has 26 heavy (non-hydrogen) atoms. The second-order valence-electron chi connectivity index (χ2n) is 6.95. The van der Waals surface area contributed by atoms with E-state index in [-0.39, 0.29) is 11.8 Å². The van der Waals surface area contributed by atoms with E-state index in [1.807, 2.05) is 17.9 Å². The molecule has 0 aliphatic carbocycles. The van der Waals surface area contributed by atoms with Crippen LogP contribution in [0.25, 0.3) is 0 Å². The average Bonchev–Trinajstić information content (AvgIpc) is 2.65. The first-order valence-electron chi connectivity index (χ1n) is 8.91. The number of amides is 2. The number of piperidine rings is 1. The monoisotopic (exact) mass is 370 g/mol. The van der Waals surface area contributed by atoms with Gasteiger partial charge in [-0.3, -0.25) is 9.59 Å². The molecule has 0 aromatic heterocycles. The smallest absolute Gasteiger partial charge is 0.255 e. The molecule has 2 aromatic carbocycles. The fraction of sp³-hybridized carbons (Fsp3) is 0.333. The van der Waals surface area contributed by atoms with Gasteiger partial charge < -0.3 is 10.2 Å². The lowest BCUT2D eigenvalue weighted by atomic mass is 9.99. The lowest BCUT2D eigenvalue weighted by molar-refractivity contribution is 0.0683. The molecule has 1 heterocycles. The molecule has 136 valence electrons. The first-order valence-corrected chi connectivity index (χ1v) is 9.29. The topological polar surface area (TPSA) is 49.4 Å². The first kappa shape index (κ1) is 18.5. The van der Waals surface area contributed by atoms with Crippen molar-refractivity contribution in [3.05, 3.63) is 64.2 Å². The minimum atomic E-state index is -0.253. The van der Waals surface area contributed by atoms with Crippen LogP contribution in [0.15, 0.2) is 42.5 Å². The standard InChI is InChI=1S/C21H23ClN2O2/c1-14-6-5-11-24(13-14)21(26)17-8-3-7-16(12-17)20(25)23-19-10-4-9-18(22)15(19)2/h3-4,7-10,12,14H,5-6,11,13H2,1-2H3,(H,23,25). The van der Waals surface area contributed by atoms with Gasteiger partial charge in [0.05, 0.1) is 0 Å². The molecule has 1 aliphatic rings. The summed E-state index contributed by atoms with van der Waals surface area (Å²) < 4.78 is 0. The van der Waals surface area contributed by atoms with E-state index < -0.39 is 0 Å². The quantitative estimate of drug-likeness (QED) is 0.845. The van der Waals surface area contributed by atoms with Crippen molar-refractivity contribution in [2.45, 2.75) is 26.7 Å². The van der Waals surface area contributed by atoms with E-state index in [0.717, 1.165) is 31.5 Å². The van der Waals surface area contributed by atoms with Gasteiger partial charge in [-0.1, -0.05) is 30.7 Å². The fourth-order valence-corrected chi connectivity index (χ4v) is 3.46. The molecule has 1 saturated heterocycles. The van der Waals surface area contributed by atoms with E-state index in [9.17, 15) is 9.59 Å². The highest BCUT2D eigenvalue weighted by molar-refractivity contribution is 6.31. The van der Waals surface area contributed by atoms with Gasteiger partial charge >= 0.3 is 0 Å². The van der Waals surface area contributed by atoms with Gasteiger partial charge in [-0.25, -0.2) is 0 Å². The molecule has 1 N–H and O–H groups in total. The molecule has 0 spiro atoms. The number of likely N-dealkylation sites (tertiary alicyclic amines) is 1. The number of hydrogen-bond donors (Lipinski definition) is 1. The molecule has 3 rings (SSSR count). The van der Waals surface area contributed by atoms with Gasteiger partial charge in [-0.15, -0.1) is 0 Å². The van der Waals surface area contributed by atoms with Crippen molar-refractivity contribution >= 4 is 29.1 Å². The van der Waals surface area contributed by atoms with Gasteiger partial charge in [0.25, 0.3) is 11.8 Å². The van der Waals surface area contributed by atoms with Crippen LogP contribution in [0.5, 0.6) is 0 Å². The van der Waals surface area contributed by atoms with Crippen LogP contribution in [0.4, 0.5) is 5.69 Å². The van der Waals surface area contributed by atoms with E-state index >= 15 is 0 Å². The van der Waals surface area contributed by atoms with Crippen molar-refractivity contribution in [2.75, 3.05) is 18.4 Å². The van der Waals surface area contributed by atoms with Crippen molar-refractivity contribution in [3.8, 4) is 0 Å². The molecule has 2 amide bonds. The van der Waals surface area contributed by atoms with E-state index in [2.05, 4.69) is 12.2 Å². The maximum atomic E-state index is 12.8. The summed E-state index contributed by atoms with van der Waals surface area (Å²) in [4.78, 5) is 27.2. The molecule has 0 saturated carbocycles. The number of nitrogens with zero attached hydrogens (tertiary/aromatic N) is 1. The Balaban J connectivity index is 1.77. The summed E-state index contributed by atoms with van der Waals surface area (Å²) in [7, 11) is 0. The number of anilines is 1. The Bertz CT molecular complexity index is 835. The van der Waals surface area contributed by atoms with Crippen LogP contribution in [-0.2, 0) is 0 Å². The molecule has 4 nitrogen and oxygen atoms in total. The number of rotatable bonds is 3. The Labute approximate surface area is 159 Å². The van der Waals surface area contributed by atoms with Gasteiger partial charge in [0.1, 0.15) is 0 Å². The SMILES string of the molecule is Cc1c(Cl)cccc1NC(=O)c1cccc(C(=O)N2CCCC(C)C2)c1. The van der Waals surface area contributed by atoms with Crippen LogP contribution in [0, 0.1) is 12.8 Å². The second kappa shape index (κ2) is 7.92. The molecule has 5 heteroatoms. The number of carbonyl (C=O) groups excluding carboxylic acids is 2. The maximum absolute atomic E-state index is 12.8. The Morgan fingerprint density at radius 3 is 2.65 bits per heavy atom. The highest BCUT2D eigenvalue weighted by Gasteiger charge is 2.22. The highest BCUT2D eigenvalue weighted by atomic mass is 35.5. The van der Waals surface area contributed by atoms with Crippen LogP contribution >= 0.6 is 11.6 Å². The van der Waals surface area contributed by atoms with Crippen LogP contribution < -0.4 is 5.32 Å². The summed E-state index contributed by atoms with van der Waals surface area (Å²) in [6.07, 6.45) is 2.19. The molecule has 1 unspecified atom stereocenters. The predicted octanol–water partition coefficient (Wildman–Crippen LogP) is 4.77. The zero-order chi connectivity index (χ0) is 18.7. The predicted molar refractivity (Wildman–Crippen MR) is 105 cm³/mol. The van der Waals surface area contributed by atoms with Crippen molar-refractivity contribution < 1.29 is 9.59 Å². The zero-order valence-corrected chi connectivity index (χ0v) is 15.8. The third kappa shape index (κ3) is 4.07. The van der Waals surface area contributed by atoms with Gasteiger partial charge in [0.2, 0.25) is 0 Å². The van der Waals surface area contributed by atoms with Crippen LogP contribution in [-0.4, -0.2) is 29.8 Å². The Morgan fingerprint density at radius 2 is 1.88 bits per heavy atom. The van der Waals surface area contributed by atoms with E-state index in [1.165, 1.54) is 0 Å². The third-order valence-electron chi connectivity index (χ3n) is 4.83. The average molecular weight is 371 g/mol.